The van der Waals surface area contributed by atoms with Gasteiger partial charge in [0.1, 0.15) is 11.3 Å². The number of carboxylic acid groups (broad SMARTS) is 1. The second-order valence-electron chi connectivity index (χ2n) is 6.50. The number of ketones is 1. The molecule has 0 amide bonds. The Hall–Kier alpha value is -2.46. The number of hydrogen-bond acceptors (Lipinski definition) is 3. The van der Waals surface area contributed by atoms with Gasteiger partial charge in [-0.05, 0) is 24.5 Å². The minimum absolute atomic E-state index is 0.0209. The summed E-state index contributed by atoms with van der Waals surface area (Å²) in [6, 6.07) is 18.9. The van der Waals surface area contributed by atoms with Gasteiger partial charge in [-0.25, -0.2) is 0 Å². The van der Waals surface area contributed by atoms with Crippen LogP contribution in [0.1, 0.15) is 30.5 Å². The van der Waals surface area contributed by atoms with Crippen LogP contribution in [0.5, 0.6) is 0 Å². The molecule has 2 N–H and O–H groups in total. The number of carbonyl (C=O) groups is 2. The van der Waals surface area contributed by atoms with Crippen molar-refractivity contribution < 1.29 is 14.7 Å². The Morgan fingerprint density at radius 2 is 1.67 bits per heavy atom. The third-order valence-corrected chi connectivity index (χ3v) is 4.84. The third-order valence-electron chi connectivity index (χ3n) is 4.84. The second-order valence-corrected chi connectivity index (χ2v) is 6.50. The van der Waals surface area contributed by atoms with Crippen LogP contribution in [0.25, 0.3) is 0 Å². The van der Waals surface area contributed by atoms with E-state index in [0.717, 1.165) is 11.1 Å². The van der Waals surface area contributed by atoms with E-state index in [4.69, 9.17) is 0 Å². The van der Waals surface area contributed by atoms with Gasteiger partial charge in [0, 0.05) is 18.4 Å². The van der Waals surface area contributed by atoms with E-state index in [1.807, 2.05) is 60.7 Å². The number of benzene rings is 2. The van der Waals surface area contributed by atoms with E-state index in [2.05, 4.69) is 5.32 Å². The molecule has 0 radical (unpaired) electrons. The maximum atomic E-state index is 12.2. The highest BCUT2D eigenvalue weighted by Gasteiger charge is 2.51. The fraction of sp³-hybridized carbons (Fsp3) is 0.300. The lowest BCUT2D eigenvalue weighted by Crippen LogP contribution is -2.50. The molecule has 0 aliphatic carbocycles. The third kappa shape index (κ3) is 3.10. The first-order valence-corrected chi connectivity index (χ1v) is 8.12. The predicted molar refractivity (Wildman–Crippen MR) is 91.6 cm³/mol. The molecular weight excluding hydrogens is 302 g/mol. The van der Waals surface area contributed by atoms with Gasteiger partial charge >= 0.3 is 5.97 Å². The van der Waals surface area contributed by atoms with Gasteiger partial charge in [-0.1, -0.05) is 60.7 Å². The summed E-state index contributed by atoms with van der Waals surface area (Å²) < 4.78 is 0. The minimum atomic E-state index is -1.13. The molecule has 1 aliphatic rings. The highest BCUT2D eigenvalue weighted by molar-refractivity contribution is 5.85. The number of carboxylic acids is 1. The van der Waals surface area contributed by atoms with E-state index >= 15 is 0 Å². The van der Waals surface area contributed by atoms with Crippen molar-refractivity contribution in [2.75, 3.05) is 0 Å². The Labute approximate surface area is 141 Å². The van der Waals surface area contributed by atoms with Crippen molar-refractivity contribution in [3.63, 3.8) is 0 Å². The molecule has 24 heavy (non-hydrogen) atoms. The molecule has 0 aromatic heterocycles. The van der Waals surface area contributed by atoms with Crippen molar-refractivity contribution in [1.82, 2.24) is 5.32 Å². The Kier molecular flexibility index (Phi) is 4.49. The zero-order valence-electron chi connectivity index (χ0n) is 13.6. The molecule has 0 saturated carbocycles. The first-order chi connectivity index (χ1) is 11.5. The number of aliphatic carboxylic acids is 1. The molecule has 1 saturated heterocycles. The number of Topliss-reactive ketones (excluding diaryl/α,β-unsaturated/α-hetero) is 1. The first kappa shape index (κ1) is 16.4. The summed E-state index contributed by atoms with van der Waals surface area (Å²) in [7, 11) is 0. The molecule has 0 unspecified atom stereocenters. The largest absolute Gasteiger partial charge is 0.480 e. The fourth-order valence-electron chi connectivity index (χ4n) is 3.60. The fourth-order valence-corrected chi connectivity index (χ4v) is 3.60. The van der Waals surface area contributed by atoms with Crippen LogP contribution in [0.3, 0.4) is 0 Å². The van der Waals surface area contributed by atoms with E-state index in [9.17, 15) is 14.7 Å². The molecule has 124 valence electrons. The van der Waals surface area contributed by atoms with Crippen LogP contribution in [-0.4, -0.2) is 22.4 Å². The topological polar surface area (TPSA) is 66.4 Å². The lowest BCUT2D eigenvalue weighted by Gasteiger charge is -2.26. The summed E-state index contributed by atoms with van der Waals surface area (Å²) in [5, 5.41) is 13.2. The normalized spacial score (nSPS) is 26.2. The van der Waals surface area contributed by atoms with Crippen LogP contribution in [0, 0.1) is 5.92 Å². The van der Waals surface area contributed by atoms with Gasteiger partial charge in [-0.15, -0.1) is 0 Å². The summed E-state index contributed by atoms with van der Waals surface area (Å²) in [5.41, 5.74) is 0.773. The van der Waals surface area contributed by atoms with Crippen molar-refractivity contribution >= 4 is 11.8 Å². The molecule has 4 nitrogen and oxygen atoms in total. The maximum Gasteiger partial charge on any atom is 0.324 e. The maximum absolute atomic E-state index is 12.2. The molecule has 0 spiro atoms. The van der Waals surface area contributed by atoms with Gasteiger partial charge < -0.3 is 5.11 Å². The summed E-state index contributed by atoms with van der Waals surface area (Å²) in [5.74, 6) is -1.23. The van der Waals surface area contributed by atoms with Crippen LogP contribution in [-0.2, 0) is 16.0 Å². The quantitative estimate of drug-likeness (QED) is 0.888. The van der Waals surface area contributed by atoms with Crippen molar-refractivity contribution in [3.05, 3.63) is 71.8 Å². The number of hydrogen-bond donors (Lipinski definition) is 2. The zero-order valence-corrected chi connectivity index (χ0v) is 13.6. The number of nitrogens with one attached hydrogen (secondary N) is 1. The van der Waals surface area contributed by atoms with Gasteiger partial charge in [0.25, 0.3) is 0 Å². The van der Waals surface area contributed by atoms with Gasteiger partial charge in [0.2, 0.25) is 0 Å². The van der Waals surface area contributed by atoms with E-state index in [1.54, 1.807) is 6.92 Å². The van der Waals surface area contributed by atoms with E-state index in [0.29, 0.717) is 12.8 Å². The highest BCUT2D eigenvalue weighted by Crippen LogP contribution is 2.40. The Morgan fingerprint density at radius 1 is 1.08 bits per heavy atom. The van der Waals surface area contributed by atoms with Gasteiger partial charge in [0.15, 0.2) is 0 Å². The van der Waals surface area contributed by atoms with Crippen molar-refractivity contribution in [1.29, 1.82) is 0 Å². The molecule has 2 aromatic carbocycles. The van der Waals surface area contributed by atoms with Crippen LogP contribution >= 0.6 is 0 Å². The molecule has 1 heterocycles. The molecule has 1 fully saturated rings. The SMILES string of the molecule is CC(=O)[C@H]1C[C@@](Cc2ccccc2)(C(=O)O)N[C@H]1c1ccccc1. The molecule has 3 rings (SSSR count). The average molecular weight is 323 g/mol. The highest BCUT2D eigenvalue weighted by atomic mass is 16.4. The van der Waals surface area contributed by atoms with Crippen LogP contribution in [0.4, 0.5) is 0 Å². The minimum Gasteiger partial charge on any atom is -0.480 e. The zero-order chi connectivity index (χ0) is 17.2. The summed E-state index contributed by atoms with van der Waals surface area (Å²) in [4.78, 5) is 24.3. The van der Waals surface area contributed by atoms with Crippen molar-refractivity contribution in [3.8, 4) is 0 Å². The average Bonchev–Trinajstić information content (AvgIpc) is 2.98. The summed E-state index contributed by atoms with van der Waals surface area (Å²) in [6.45, 7) is 1.54. The lowest BCUT2D eigenvalue weighted by molar-refractivity contribution is -0.144. The second kappa shape index (κ2) is 6.57. The Balaban J connectivity index is 1.96. The Morgan fingerprint density at radius 3 is 2.21 bits per heavy atom. The summed E-state index contributed by atoms with van der Waals surface area (Å²) in [6.07, 6.45) is 0.655. The van der Waals surface area contributed by atoms with Crippen LogP contribution in [0.15, 0.2) is 60.7 Å². The molecule has 1 aliphatic heterocycles. The number of rotatable bonds is 5. The first-order valence-electron chi connectivity index (χ1n) is 8.12. The smallest absolute Gasteiger partial charge is 0.324 e. The molecule has 0 bridgehead atoms. The molecular formula is C20H21NO3. The van der Waals surface area contributed by atoms with Gasteiger partial charge in [-0.3, -0.25) is 14.9 Å². The standard InChI is InChI=1S/C20H21NO3/c1-14(22)17-13-20(19(23)24,12-15-8-4-2-5-9-15)21-18(17)16-10-6-3-7-11-16/h2-11,17-18,21H,12-13H2,1H3,(H,23,24)/t17-,18+,20+/m1/s1. The lowest BCUT2D eigenvalue weighted by atomic mass is 9.83. The Bertz CT molecular complexity index is 729. The van der Waals surface area contributed by atoms with Crippen LogP contribution in [0.2, 0.25) is 0 Å². The monoisotopic (exact) mass is 323 g/mol. The number of carbonyl (C=O) groups excluding carboxylic acids is 1. The molecule has 2 aromatic rings. The van der Waals surface area contributed by atoms with E-state index < -0.39 is 11.5 Å². The van der Waals surface area contributed by atoms with E-state index in [-0.39, 0.29) is 17.7 Å². The van der Waals surface area contributed by atoms with Gasteiger partial charge in [-0.2, -0.15) is 0 Å². The van der Waals surface area contributed by atoms with Crippen molar-refractivity contribution in [2.24, 2.45) is 5.92 Å². The molecule has 3 atom stereocenters. The summed E-state index contributed by atoms with van der Waals surface area (Å²) >= 11 is 0. The van der Waals surface area contributed by atoms with Gasteiger partial charge in [0.05, 0.1) is 0 Å². The molecule has 4 heteroatoms. The predicted octanol–water partition coefficient (Wildman–Crippen LogP) is 2.99. The van der Waals surface area contributed by atoms with Crippen molar-refractivity contribution in [2.45, 2.75) is 31.3 Å². The van der Waals surface area contributed by atoms with Crippen LogP contribution < -0.4 is 5.32 Å². The van der Waals surface area contributed by atoms with E-state index in [1.165, 1.54) is 0 Å².